The molecule has 0 aliphatic carbocycles. The van der Waals surface area contributed by atoms with E-state index in [2.05, 4.69) is 20.6 Å². The second-order valence-corrected chi connectivity index (χ2v) is 8.19. The standard InChI is InChI=1S/C24H25N5O4/c1-28-20(12-18(27-28)16-11-15(32-2)8-9-22(16)33-3)23(30)25-14-10-21-24(31)26-17-6-4-5-7-19(17)29(21)13-14/h4-9,11-12,14,21H,10,13H2,1-3H3,(H,25,30)(H,26,31). The minimum Gasteiger partial charge on any atom is -0.497 e. The van der Waals surface area contributed by atoms with E-state index < -0.39 is 0 Å². The fourth-order valence-corrected chi connectivity index (χ4v) is 4.59. The molecule has 33 heavy (non-hydrogen) atoms. The van der Waals surface area contributed by atoms with E-state index in [1.807, 2.05) is 36.4 Å². The quantitative estimate of drug-likeness (QED) is 0.624. The van der Waals surface area contributed by atoms with Gasteiger partial charge in [0.1, 0.15) is 23.2 Å². The van der Waals surface area contributed by atoms with Gasteiger partial charge < -0.3 is 25.0 Å². The molecule has 9 nitrogen and oxygen atoms in total. The molecule has 1 saturated heterocycles. The third-order valence-electron chi connectivity index (χ3n) is 6.21. The van der Waals surface area contributed by atoms with Crippen LogP contribution in [0, 0.1) is 0 Å². The van der Waals surface area contributed by atoms with Crippen LogP contribution in [0.15, 0.2) is 48.5 Å². The van der Waals surface area contributed by atoms with Crippen LogP contribution in [0.1, 0.15) is 16.9 Å². The Morgan fingerprint density at radius 3 is 2.76 bits per heavy atom. The van der Waals surface area contributed by atoms with E-state index >= 15 is 0 Å². The number of para-hydroxylation sites is 2. The number of aryl methyl sites for hydroxylation is 1. The van der Waals surface area contributed by atoms with Crippen molar-refractivity contribution in [3.8, 4) is 22.8 Å². The van der Waals surface area contributed by atoms with E-state index in [1.165, 1.54) is 0 Å². The summed E-state index contributed by atoms with van der Waals surface area (Å²) in [7, 11) is 4.91. The zero-order chi connectivity index (χ0) is 23.1. The Labute approximate surface area is 191 Å². The molecule has 1 fully saturated rings. The summed E-state index contributed by atoms with van der Waals surface area (Å²) in [5.41, 5.74) is 3.54. The number of carbonyl (C=O) groups is 2. The molecule has 2 aliphatic rings. The molecule has 0 radical (unpaired) electrons. The number of hydrogen-bond donors (Lipinski definition) is 2. The summed E-state index contributed by atoms with van der Waals surface area (Å²) in [5, 5.41) is 10.6. The smallest absolute Gasteiger partial charge is 0.269 e. The number of nitrogens with zero attached hydrogens (tertiary/aromatic N) is 3. The van der Waals surface area contributed by atoms with Crippen molar-refractivity contribution in [3.63, 3.8) is 0 Å². The molecular formula is C24H25N5O4. The number of methoxy groups -OCH3 is 2. The molecule has 2 aromatic carbocycles. The van der Waals surface area contributed by atoms with E-state index in [0.717, 1.165) is 16.9 Å². The van der Waals surface area contributed by atoms with Crippen LogP contribution in [-0.4, -0.2) is 54.4 Å². The SMILES string of the molecule is COc1ccc(OC)c(-c2cc(C(=O)NC3CC4C(=O)Nc5ccccc5N4C3)n(C)n2)c1. The Hall–Kier alpha value is -4.01. The van der Waals surface area contributed by atoms with Gasteiger partial charge in [-0.25, -0.2) is 0 Å². The fraction of sp³-hybridized carbons (Fsp3) is 0.292. The van der Waals surface area contributed by atoms with Gasteiger partial charge in [0.25, 0.3) is 5.91 Å². The van der Waals surface area contributed by atoms with Crippen molar-refractivity contribution in [2.24, 2.45) is 7.05 Å². The summed E-state index contributed by atoms with van der Waals surface area (Å²) in [6, 6.07) is 14.4. The number of nitrogens with one attached hydrogen (secondary N) is 2. The van der Waals surface area contributed by atoms with Gasteiger partial charge >= 0.3 is 0 Å². The number of anilines is 2. The average Bonchev–Trinajstić information content (AvgIpc) is 3.43. The molecule has 170 valence electrons. The lowest BCUT2D eigenvalue weighted by Crippen LogP contribution is -2.44. The second-order valence-electron chi connectivity index (χ2n) is 8.19. The largest absolute Gasteiger partial charge is 0.497 e. The highest BCUT2D eigenvalue weighted by Gasteiger charge is 2.41. The lowest BCUT2D eigenvalue weighted by molar-refractivity contribution is -0.117. The van der Waals surface area contributed by atoms with Crippen molar-refractivity contribution in [2.75, 3.05) is 31.0 Å². The van der Waals surface area contributed by atoms with Crippen LogP contribution in [0.4, 0.5) is 11.4 Å². The highest BCUT2D eigenvalue weighted by atomic mass is 16.5. The van der Waals surface area contributed by atoms with Crippen molar-refractivity contribution >= 4 is 23.2 Å². The van der Waals surface area contributed by atoms with Gasteiger partial charge in [-0.2, -0.15) is 5.10 Å². The van der Waals surface area contributed by atoms with Crippen LogP contribution < -0.4 is 25.0 Å². The van der Waals surface area contributed by atoms with Gasteiger partial charge in [0.2, 0.25) is 5.91 Å². The van der Waals surface area contributed by atoms with E-state index in [0.29, 0.717) is 35.9 Å². The second kappa shape index (κ2) is 8.16. The van der Waals surface area contributed by atoms with Gasteiger partial charge in [0.05, 0.1) is 31.3 Å². The third-order valence-corrected chi connectivity index (χ3v) is 6.21. The number of rotatable bonds is 5. The number of benzene rings is 2. The molecule has 9 heteroatoms. The first-order valence-electron chi connectivity index (χ1n) is 10.7. The van der Waals surface area contributed by atoms with Gasteiger partial charge in [0.15, 0.2) is 0 Å². The van der Waals surface area contributed by atoms with Gasteiger partial charge in [-0.05, 0) is 42.8 Å². The van der Waals surface area contributed by atoms with Crippen LogP contribution in [0.5, 0.6) is 11.5 Å². The Morgan fingerprint density at radius 1 is 1.15 bits per heavy atom. The monoisotopic (exact) mass is 447 g/mol. The Morgan fingerprint density at radius 2 is 1.97 bits per heavy atom. The van der Waals surface area contributed by atoms with E-state index in [-0.39, 0.29) is 23.9 Å². The maximum atomic E-state index is 13.1. The maximum Gasteiger partial charge on any atom is 0.269 e. The summed E-state index contributed by atoms with van der Waals surface area (Å²) < 4.78 is 12.3. The molecule has 3 aromatic rings. The Kier molecular flexibility index (Phi) is 5.16. The molecule has 2 aliphatic heterocycles. The Bertz CT molecular complexity index is 1240. The molecule has 2 atom stereocenters. The van der Waals surface area contributed by atoms with Crippen LogP contribution in [-0.2, 0) is 11.8 Å². The van der Waals surface area contributed by atoms with Crippen molar-refractivity contribution in [1.82, 2.24) is 15.1 Å². The van der Waals surface area contributed by atoms with Crippen LogP contribution in [0.25, 0.3) is 11.3 Å². The first-order valence-corrected chi connectivity index (χ1v) is 10.7. The molecule has 2 amide bonds. The zero-order valence-corrected chi connectivity index (χ0v) is 18.7. The van der Waals surface area contributed by atoms with Gasteiger partial charge in [0, 0.05) is 25.2 Å². The number of ether oxygens (including phenoxy) is 2. The predicted molar refractivity (Wildman–Crippen MR) is 124 cm³/mol. The molecule has 1 aromatic heterocycles. The lowest BCUT2D eigenvalue weighted by atomic mass is 10.1. The summed E-state index contributed by atoms with van der Waals surface area (Å²) in [6.07, 6.45) is 0.542. The molecule has 0 saturated carbocycles. The summed E-state index contributed by atoms with van der Waals surface area (Å²) in [4.78, 5) is 27.8. The first kappa shape index (κ1) is 20.9. The van der Waals surface area contributed by atoms with Gasteiger partial charge in [-0.3, -0.25) is 14.3 Å². The lowest BCUT2D eigenvalue weighted by Gasteiger charge is -2.32. The topological polar surface area (TPSA) is 97.7 Å². The number of fused-ring (bicyclic) bond motifs is 3. The molecule has 0 spiro atoms. The Balaban J connectivity index is 1.36. The predicted octanol–water partition coefficient (Wildman–Crippen LogP) is 2.43. The van der Waals surface area contributed by atoms with Crippen molar-refractivity contribution in [2.45, 2.75) is 18.5 Å². The minimum atomic E-state index is -0.298. The minimum absolute atomic E-state index is 0.0432. The normalized spacial score (nSPS) is 18.9. The molecule has 5 rings (SSSR count). The van der Waals surface area contributed by atoms with E-state index in [1.54, 1.807) is 38.1 Å². The van der Waals surface area contributed by atoms with Crippen molar-refractivity contribution in [3.05, 3.63) is 54.2 Å². The van der Waals surface area contributed by atoms with Crippen LogP contribution in [0.3, 0.4) is 0 Å². The number of hydrogen-bond acceptors (Lipinski definition) is 6. The molecular weight excluding hydrogens is 422 g/mol. The summed E-state index contributed by atoms with van der Waals surface area (Å²) >= 11 is 0. The number of amides is 2. The summed E-state index contributed by atoms with van der Waals surface area (Å²) in [6.45, 7) is 0.565. The number of carbonyl (C=O) groups excluding carboxylic acids is 2. The van der Waals surface area contributed by atoms with E-state index in [9.17, 15) is 9.59 Å². The fourth-order valence-electron chi connectivity index (χ4n) is 4.59. The summed E-state index contributed by atoms with van der Waals surface area (Å²) in [5.74, 6) is 1.02. The molecule has 2 unspecified atom stereocenters. The van der Waals surface area contributed by atoms with Gasteiger partial charge in [-0.1, -0.05) is 12.1 Å². The average molecular weight is 447 g/mol. The van der Waals surface area contributed by atoms with Crippen LogP contribution >= 0.6 is 0 Å². The molecule has 3 heterocycles. The number of aromatic nitrogens is 2. The molecule has 0 bridgehead atoms. The molecule has 2 N–H and O–H groups in total. The van der Waals surface area contributed by atoms with Crippen LogP contribution in [0.2, 0.25) is 0 Å². The maximum absolute atomic E-state index is 13.1. The highest BCUT2D eigenvalue weighted by molar-refractivity contribution is 6.04. The third kappa shape index (κ3) is 3.65. The zero-order valence-electron chi connectivity index (χ0n) is 18.7. The highest BCUT2D eigenvalue weighted by Crippen LogP contribution is 2.37. The van der Waals surface area contributed by atoms with Crippen molar-refractivity contribution in [1.29, 1.82) is 0 Å². The van der Waals surface area contributed by atoms with Crippen molar-refractivity contribution < 1.29 is 19.1 Å². The van der Waals surface area contributed by atoms with E-state index in [4.69, 9.17) is 9.47 Å². The first-order chi connectivity index (χ1) is 16.0. The van der Waals surface area contributed by atoms with Gasteiger partial charge in [-0.15, -0.1) is 0 Å².